The number of rotatable bonds is 5. The van der Waals surface area contributed by atoms with E-state index in [1.165, 1.54) is 0 Å². The lowest BCUT2D eigenvalue weighted by atomic mass is 10.3. The van der Waals surface area contributed by atoms with Gasteiger partial charge in [0.05, 0.1) is 16.5 Å². The molecule has 1 aliphatic carbocycles. The van der Waals surface area contributed by atoms with Gasteiger partial charge in [-0.05, 0) is 12.8 Å². The van der Waals surface area contributed by atoms with Gasteiger partial charge in [-0.3, -0.25) is 4.21 Å². The Hall–Kier alpha value is -1.20. The van der Waals surface area contributed by atoms with Crippen LogP contribution >= 0.6 is 11.3 Å². The van der Waals surface area contributed by atoms with Crippen LogP contribution in [0.15, 0.2) is 16.2 Å². The molecule has 102 valence electrons. The monoisotopic (exact) mass is 306 g/mol. The minimum Gasteiger partial charge on any atom is -0.252 e. The normalized spacial score (nSPS) is 15.9. The van der Waals surface area contributed by atoms with Crippen molar-refractivity contribution in [2.24, 2.45) is 0 Å². The van der Waals surface area contributed by atoms with Gasteiger partial charge in [0.15, 0.2) is 10.2 Å². The number of aromatic nitrogens is 1. The topological polar surface area (TPSA) is 53.8 Å². The Labute approximate surface area is 114 Å². The largest absolute Gasteiger partial charge is 0.301 e. The van der Waals surface area contributed by atoms with Crippen molar-refractivity contribution in [3.8, 4) is 6.07 Å². The lowest BCUT2D eigenvalue weighted by molar-refractivity contribution is 0.373. The number of thiazole rings is 1. The quantitative estimate of drug-likeness (QED) is 0.837. The first-order valence-electron chi connectivity index (χ1n) is 5.51. The van der Waals surface area contributed by atoms with Crippen LogP contribution in [0.2, 0.25) is 0 Å². The highest BCUT2D eigenvalue weighted by molar-refractivity contribution is 7.87. The number of halogens is 3. The molecule has 1 aromatic rings. The van der Waals surface area contributed by atoms with E-state index >= 15 is 0 Å². The third kappa shape index (κ3) is 3.42. The van der Waals surface area contributed by atoms with E-state index < -0.39 is 29.1 Å². The van der Waals surface area contributed by atoms with E-state index in [9.17, 15) is 17.4 Å². The molecule has 0 amide bonds. The third-order valence-corrected chi connectivity index (χ3v) is 5.24. The zero-order valence-electron chi connectivity index (χ0n) is 9.66. The van der Waals surface area contributed by atoms with E-state index in [2.05, 4.69) is 4.98 Å². The number of hydrogen-bond donors (Lipinski definition) is 0. The van der Waals surface area contributed by atoms with E-state index in [4.69, 9.17) is 5.26 Å². The maximum Gasteiger partial charge on any atom is 0.301 e. The highest BCUT2D eigenvalue weighted by Crippen LogP contribution is 2.42. The fourth-order valence-electron chi connectivity index (χ4n) is 1.49. The van der Waals surface area contributed by atoms with Crippen LogP contribution in [0.3, 0.4) is 0 Å². The molecule has 3 nitrogen and oxygen atoms in total. The van der Waals surface area contributed by atoms with Gasteiger partial charge in [0, 0.05) is 18.1 Å². The van der Waals surface area contributed by atoms with Crippen molar-refractivity contribution in [1.29, 1.82) is 5.26 Å². The van der Waals surface area contributed by atoms with Crippen molar-refractivity contribution in [2.75, 3.05) is 5.75 Å². The molecule has 1 unspecified atom stereocenters. The van der Waals surface area contributed by atoms with Crippen LogP contribution < -0.4 is 0 Å². The van der Waals surface area contributed by atoms with Crippen molar-refractivity contribution in [1.82, 2.24) is 4.98 Å². The second kappa shape index (κ2) is 5.84. The predicted octanol–water partition coefficient (Wildman–Crippen LogP) is 3.47. The summed E-state index contributed by atoms with van der Waals surface area (Å²) in [4.78, 5) is 4.55. The van der Waals surface area contributed by atoms with E-state index in [-0.39, 0.29) is 16.0 Å². The first kappa shape index (κ1) is 14.2. The van der Waals surface area contributed by atoms with Crippen molar-refractivity contribution in [3.05, 3.63) is 22.5 Å². The van der Waals surface area contributed by atoms with E-state index in [0.29, 0.717) is 10.6 Å². The fraction of sp³-hybridized carbons (Fsp3) is 0.455. The average molecular weight is 306 g/mol. The molecular formula is C11H9F3N2OS2. The van der Waals surface area contributed by atoms with Crippen LogP contribution in [0.25, 0.3) is 0 Å². The molecule has 1 saturated carbocycles. The second-order valence-electron chi connectivity index (χ2n) is 4.05. The van der Waals surface area contributed by atoms with Crippen LogP contribution in [0.4, 0.5) is 13.2 Å². The molecule has 0 radical (unpaired) electrons. The molecule has 1 fully saturated rings. The van der Waals surface area contributed by atoms with Crippen LogP contribution in [-0.4, -0.2) is 14.9 Å². The average Bonchev–Trinajstić information content (AvgIpc) is 3.14. The highest BCUT2D eigenvalue weighted by Gasteiger charge is 2.30. The Balaban J connectivity index is 2.08. The van der Waals surface area contributed by atoms with Gasteiger partial charge >= 0.3 is 6.08 Å². The molecule has 2 rings (SSSR count). The summed E-state index contributed by atoms with van der Waals surface area (Å²) in [6.07, 6.45) is -1.06. The summed E-state index contributed by atoms with van der Waals surface area (Å²) in [6.45, 7) is 0. The first-order chi connectivity index (χ1) is 9.02. The zero-order chi connectivity index (χ0) is 14.0. The molecule has 0 aromatic carbocycles. The molecule has 0 bridgehead atoms. The smallest absolute Gasteiger partial charge is 0.252 e. The van der Waals surface area contributed by atoms with E-state index in [0.717, 1.165) is 24.2 Å². The summed E-state index contributed by atoms with van der Waals surface area (Å²) in [7, 11) is -1.65. The summed E-state index contributed by atoms with van der Waals surface area (Å²) in [5.74, 6) is -1.56. The Morgan fingerprint density at radius 1 is 1.47 bits per heavy atom. The van der Waals surface area contributed by atoms with Gasteiger partial charge in [-0.25, -0.2) is 9.37 Å². The van der Waals surface area contributed by atoms with Gasteiger partial charge in [-0.2, -0.15) is 14.0 Å². The van der Waals surface area contributed by atoms with Gasteiger partial charge in [0.25, 0.3) is 0 Å². The predicted molar refractivity (Wildman–Crippen MR) is 65.0 cm³/mol. The number of nitriles is 1. The second-order valence-corrected chi connectivity index (χ2v) is 6.79. The fourth-order valence-corrected chi connectivity index (χ4v) is 3.78. The Morgan fingerprint density at radius 2 is 2.16 bits per heavy atom. The maximum atomic E-state index is 12.6. The van der Waals surface area contributed by atoms with Crippen LogP contribution in [0.5, 0.6) is 0 Å². The maximum absolute atomic E-state index is 12.6. The van der Waals surface area contributed by atoms with Gasteiger partial charge in [-0.15, -0.1) is 0 Å². The molecule has 1 heterocycles. The van der Waals surface area contributed by atoms with Crippen molar-refractivity contribution in [3.63, 3.8) is 0 Å². The van der Waals surface area contributed by atoms with Crippen LogP contribution in [-0.2, 0) is 10.8 Å². The molecule has 1 aliphatic rings. The Bertz CT molecular complexity index is 583. The molecule has 1 atom stereocenters. The summed E-state index contributed by atoms with van der Waals surface area (Å²) >= 11 is 0.998. The molecule has 8 heteroatoms. The van der Waals surface area contributed by atoms with Gasteiger partial charge < -0.3 is 0 Å². The van der Waals surface area contributed by atoms with Crippen LogP contribution in [0.1, 0.15) is 35.8 Å². The van der Waals surface area contributed by atoms with Crippen molar-refractivity contribution in [2.45, 2.75) is 29.5 Å². The zero-order valence-corrected chi connectivity index (χ0v) is 11.3. The summed E-state index contributed by atoms with van der Waals surface area (Å²) in [5, 5.41) is 8.94. The van der Waals surface area contributed by atoms with Crippen molar-refractivity contribution >= 4 is 22.1 Å². The lowest BCUT2D eigenvalue weighted by Crippen LogP contribution is -1.98. The van der Waals surface area contributed by atoms with Gasteiger partial charge in [0.1, 0.15) is 10.9 Å². The number of hydrogen-bond acceptors (Lipinski definition) is 4. The first-order valence-corrected chi connectivity index (χ1v) is 7.65. The minimum absolute atomic E-state index is 0.213. The van der Waals surface area contributed by atoms with Gasteiger partial charge in [0.2, 0.25) is 0 Å². The van der Waals surface area contributed by atoms with E-state index in [1.54, 1.807) is 0 Å². The third-order valence-electron chi connectivity index (χ3n) is 2.61. The number of nitrogens with zero attached hydrogens (tertiary/aromatic N) is 2. The Morgan fingerprint density at radius 3 is 2.68 bits per heavy atom. The van der Waals surface area contributed by atoms with Crippen LogP contribution in [0, 0.1) is 11.3 Å². The SMILES string of the molecule is N#Cc1sc(S(=O)CCC(F)=C(F)F)nc1C1CC1. The standard InChI is InChI=1S/C11H9F3N2OS2/c12-7(10(13)14)3-4-19(17)11-16-9(6-1-2-6)8(5-15)18-11/h6H,1-4H2. The highest BCUT2D eigenvalue weighted by atomic mass is 32.2. The molecule has 0 aliphatic heterocycles. The van der Waals surface area contributed by atoms with E-state index in [1.807, 2.05) is 6.07 Å². The number of allylic oxidation sites excluding steroid dienone is 1. The molecule has 0 spiro atoms. The lowest BCUT2D eigenvalue weighted by Gasteiger charge is -1.96. The molecule has 0 N–H and O–H groups in total. The molecule has 0 saturated heterocycles. The van der Waals surface area contributed by atoms with Gasteiger partial charge in [-0.1, -0.05) is 11.3 Å². The summed E-state index contributed by atoms with van der Waals surface area (Å²) in [6, 6.07) is 1.99. The molecular weight excluding hydrogens is 297 g/mol. The van der Waals surface area contributed by atoms with Crippen molar-refractivity contribution < 1.29 is 17.4 Å². The molecule has 1 aromatic heterocycles. The summed E-state index contributed by atoms with van der Waals surface area (Å²) in [5.41, 5.74) is 0.642. The minimum atomic E-state index is -2.38. The Kier molecular flexibility index (Phi) is 4.37. The summed E-state index contributed by atoms with van der Waals surface area (Å²) < 4.78 is 48.4. The molecule has 19 heavy (non-hydrogen) atoms.